The lowest BCUT2D eigenvalue weighted by molar-refractivity contribution is 0.582. The lowest BCUT2D eigenvalue weighted by atomic mass is 10.1. The Hall–Kier alpha value is -3.34. The molecule has 0 saturated carbocycles. The molecule has 4 aromatic rings. The molecule has 3 aromatic heterocycles. The van der Waals surface area contributed by atoms with Gasteiger partial charge in [0.15, 0.2) is 0 Å². The highest BCUT2D eigenvalue weighted by Gasteiger charge is 2.15. The SMILES string of the molecule is CC(C)Cc1cc(-c2nnc(-c3cccnc3Cc3ccccc3)o2)ccn1. The summed E-state index contributed by atoms with van der Waals surface area (Å²) in [7, 11) is 0. The Kier molecular flexibility index (Phi) is 5.24. The average molecular weight is 370 g/mol. The van der Waals surface area contributed by atoms with Crippen LogP contribution in [0.5, 0.6) is 0 Å². The highest BCUT2D eigenvalue weighted by molar-refractivity contribution is 5.60. The van der Waals surface area contributed by atoms with Gasteiger partial charge in [-0.25, -0.2) is 0 Å². The van der Waals surface area contributed by atoms with Crippen LogP contribution in [-0.4, -0.2) is 20.2 Å². The first kappa shape index (κ1) is 18.0. The first-order valence-electron chi connectivity index (χ1n) is 9.46. The predicted octanol–water partition coefficient (Wildman–Crippen LogP) is 4.98. The Morgan fingerprint density at radius 2 is 1.68 bits per heavy atom. The normalized spacial score (nSPS) is 11.1. The molecule has 140 valence electrons. The fourth-order valence-corrected chi connectivity index (χ4v) is 3.15. The lowest BCUT2D eigenvalue weighted by Gasteiger charge is -2.05. The molecule has 0 aliphatic heterocycles. The smallest absolute Gasteiger partial charge is 0.250 e. The van der Waals surface area contributed by atoms with Crippen LogP contribution >= 0.6 is 0 Å². The number of hydrogen-bond donors (Lipinski definition) is 0. The molecule has 4 rings (SSSR count). The van der Waals surface area contributed by atoms with Crippen LogP contribution in [0.1, 0.15) is 30.8 Å². The molecular weight excluding hydrogens is 348 g/mol. The van der Waals surface area contributed by atoms with Crippen molar-refractivity contribution in [3.05, 3.63) is 83.9 Å². The molecule has 3 heterocycles. The molecule has 0 atom stereocenters. The van der Waals surface area contributed by atoms with E-state index in [1.807, 2.05) is 42.5 Å². The van der Waals surface area contributed by atoms with Crippen molar-refractivity contribution in [2.75, 3.05) is 0 Å². The number of benzene rings is 1. The summed E-state index contributed by atoms with van der Waals surface area (Å²) >= 11 is 0. The molecule has 5 nitrogen and oxygen atoms in total. The Labute approximate surface area is 164 Å². The molecular formula is C23H22N4O. The minimum Gasteiger partial charge on any atom is -0.416 e. The van der Waals surface area contributed by atoms with E-state index >= 15 is 0 Å². The van der Waals surface area contributed by atoms with Crippen molar-refractivity contribution < 1.29 is 4.42 Å². The standard InChI is InChI=1S/C23H22N4O/c1-16(2)13-19-15-18(10-12-24-19)22-26-27-23(28-22)20-9-6-11-25-21(20)14-17-7-4-3-5-8-17/h3-12,15-16H,13-14H2,1-2H3. The Morgan fingerprint density at radius 3 is 2.50 bits per heavy atom. The predicted molar refractivity (Wildman–Crippen MR) is 109 cm³/mol. The van der Waals surface area contributed by atoms with E-state index in [0.29, 0.717) is 24.1 Å². The summed E-state index contributed by atoms with van der Waals surface area (Å²) in [5.41, 5.74) is 4.88. The van der Waals surface area contributed by atoms with Gasteiger partial charge in [-0.3, -0.25) is 9.97 Å². The molecule has 0 saturated heterocycles. The van der Waals surface area contributed by atoms with Crippen LogP contribution in [0.15, 0.2) is 71.4 Å². The van der Waals surface area contributed by atoms with E-state index in [9.17, 15) is 0 Å². The fraction of sp³-hybridized carbons (Fsp3) is 0.217. The Bertz CT molecular complexity index is 1060. The van der Waals surface area contributed by atoms with Gasteiger partial charge in [-0.2, -0.15) is 0 Å². The summed E-state index contributed by atoms with van der Waals surface area (Å²) in [6, 6.07) is 18.0. The van der Waals surface area contributed by atoms with Crippen molar-refractivity contribution in [1.82, 2.24) is 20.2 Å². The highest BCUT2D eigenvalue weighted by atomic mass is 16.4. The number of aromatic nitrogens is 4. The van der Waals surface area contributed by atoms with Crippen LogP contribution in [0, 0.1) is 5.92 Å². The summed E-state index contributed by atoms with van der Waals surface area (Å²) in [5, 5.41) is 8.54. The number of pyridine rings is 2. The zero-order valence-electron chi connectivity index (χ0n) is 16.0. The second-order valence-electron chi connectivity index (χ2n) is 7.21. The van der Waals surface area contributed by atoms with Crippen LogP contribution in [-0.2, 0) is 12.8 Å². The van der Waals surface area contributed by atoms with Gasteiger partial charge in [-0.15, -0.1) is 10.2 Å². The number of nitrogens with zero attached hydrogens (tertiary/aromatic N) is 4. The third kappa shape index (κ3) is 4.14. The molecule has 28 heavy (non-hydrogen) atoms. The third-order valence-corrected chi connectivity index (χ3v) is 4.44. The maximum absolute atomic E-state index is 6.00. The first-order valence-corrected chi connectivity index (χ1v) is 9.46. The third-order valence-electron chi connectivity index (χ3n) is 4.44. The summed E-state index contributed by atoms with van der Waals surface area (Å²) in [6.45, 7) is 4.35. The largest absolute Gasteiger partial charge is 0.416 e. The van der Waals surface area contributed by atoms with Crippen LogP contribution in [0.3, 0.4) is 0 Å². The van der Waals surface area contributed by atoms with Crippen molar-refractivity contribution in [1.29, 1.82) is 0 Å². The van der Waals surface area contributed by atoms with Crippen LogP contribution in [0.4, 0.5) is 0 Å². The van der Waals surface area contributed by atoms with Gasteiger partial charge >= 0.3 is 0 Å². The molecule has 0 radical (unpaired) electrons. The minimum atomic E-state index is 0.483. The summed E-state index contributed by atoms with van der Waals surface area (Å²) in [6.07, 6.45) is 5.21. The zero-order valence-corrected chi connectivity index (χ0v) is 16.0. The molecule has 0 unspecified atom stereocenters. The van der Waals surface area contributed by atoms with Gasteiger partial charge in [0.25, 0.3) is 0 Å². The first-order chi connectivity index (χ1) is 13.7. The minimum absolute atomic E-state index is 0.483. The van der Waals surface area contributed by atoms with Gasteiger partial charge < -0.3 is 4.42 Å². The van der Waals surface area contributed by atoms with E-state index in [-0.39, 0.29) is 0 Å². The summed E-state index contributed by atoms with van der Waals surface area (Å²) in [4.78, 5) is 8.97. The van der Waals surface area contributed by atoms with Crippen molar-refractivity contribution in [3.8, 4) is 22.9 Å². The molecule has 5 heteroatoms. The second-order valence-corrected chi connectivity index (χ2v) is 7.21. The van der Waals surface area contributed by atoms with E-state index in [0.717, 1.165) is 28.9 Å². The average Bonchev–Trinajstić information content (AvgIpc) is 3.19. The molecule has 0 fully saturated rings. The van der Waals surface area contributed by atoms with E-state index in [2.05, 4.69) is 46.1 Å². The van der Waals surface area contributed by atoms with Gasteiger partial charge in [0, 0.05) is 30.1 Å². The van der Waals surface area contributed by atoms with E-state index < -0.39 is 0 Å². The Balaban J connectivity index is 1.63. The van der Waals surface area contributed by atoms with Crippen LogP contribution in [0.25, 0.3) is 22.9 Å². The molecule has 0 aliphatic carbocycles. The van der Waals surface area contributed by atoms with Crippen molar-refractivity contribution in [2.24, 2.45) is 5.92 Å². The molecule has 0 N–H and O–H groups in total. The molecule has 0 amide bonds. The van der Waals surface area contributed by atoms with Gasteiger partial charge in [0.05, 0.1) is 11.3 Å². The number of rotatable bonds is 6. The maximum Gasteiger partial charge on any atom is 0.250 e. The van der Waals surface area contributed by atoms with E-state index in [1.165, 1.54) is 5.56 Å². The highest BCUT2D eigenvalue weighted by Crippen LogP contribution is 2.27. The maximum atomic E-state index is 6.00. The van der Waals surface area contributed by atoms with Gasteiger partial charge in [0.2, 0.25) is 11.8 Å². The lowest BCUT2D eigenvalue weighted by Crippen LogP contribution is -1.97. The molecule has 1 aromatic carbocycles. The van der Waals surface area contributed by atoms with Crippen LogP contribution < -0.4 is 0 Å². The Morgan fingerprint density at radius 1 is 0.857 bits per heavy atom. The second kappa shape index (κ2) is 8.13. The van der Waals surface area contributed by atoms with Gasteiger partial charge in [0.1, 0.15) is 0 Å². The van der Waals surface area contributed by atoms with Gasteiger partial charge in [-0.05, 0) is 42.2 Å². The van der Waals surface area contributed by atoms with Crippen molar-refractivity contribution in [2.45, 2.75) is 26.7 Å². The molecule has 0 aliphatic rings. The summed E-state index contributed by atoms with van der Waals surface area (Å²) in [5.74, 6) is 1.52. The number of hydrogen-bond acceptors (Lipinski definition) is 5. The van der Waals surface area contributed by atoms with Crippen LogP contribution in [0.2, 0.25) is 0 Å². The van der Waals surface area contributed by atoms with Crippen molar-refractivity contribution >= 4 is 0 Å². The topological polar surface area (TPSA) is 64.7 Å². The quantitative estimate of drug-likeness (QED) is 0.479. The molecule has 0 bridgehead atoms. The van der Waals surface area contributed by atoms with Crippen molar-refractivity contribution in [3.63, 3.8) is 0 Å². The van der Waals surface area contributed by atoms with E-state index in [4.69, 9.17) is 4.42 Å². The zero-order chi connectivity index (χ0) is 19.3. The summed E-state index contributed by atoms with van der Waals surface area (Å²) < 4.78 is 6.00. The van der Waals surface area contributed by atoms with E-state index in [1.54, 1.807) is 12.4 Å². The fourth-order valence-electron chi connectivity index (χ4n) is 3.15. The van der Waals surface area contributed by atoms with Gasteiger partial charge in [-0.1, -0.05) is 44.2 Å². The monoisotopic (exact) mass is 370 g/mol. The molecule has 0 spiro atoms.